The predicted octanol–water partition coefficient (Wildman–Crippen LogP) is 3.33. The molecule has 1 aliphatic heterocycles. The van der Waals surface area contributed by atoms with Gasteiger partial charge >= 0.3 is 0 Å². The average molecular weight is 402 g/mol. The highest BCUT2D eigenvalue weighted by molar-refractivity contribution is 6.29. The molecule has 1 fully saturated rings. The van der Waals surface area contributed by atoms with Gasteiger partial charge in [0, 0.05) is 36.7 Å². The molecular weight excluding hydrogens is 381 g/mol. The van der Waals surface area contributed by atoms with E-state index in [9.17, 15) is 9.18 Å². The Kier molecular flexibility index (Phi) is 5.43. The topological polar surface area (TPSA) is 73.9 Å². The fourth-order valence-electron chi connectivity index (χ4n) is 3.70. The van der Waals surface area contributed by atoms with Crippen LogP contribution in [-0.2, 0) is 11.2 Å². The minimum Gasteiger partial charge on any atom is -0.361 e. The highest BCUT2D eigenvalue weighted by atomic mass is 35.5. The second-order valence-electron chi connectivity index (χ2n) is 7.04. The smallest absolute Gasteiger partial charge is 0.224 e. The molecule has 0 radical (unpaired) electrons. The summed E-state index contributed by atoms with van der Waals surface area (Å²) in [6.07, 6.45) is 4.29. The summed E-state index contributed by atoms with van der Waals surface area (Å²) >= 11 is 5.79. The highest BCUT2D eigenvalue weighted by Gasteiger charge is 2.26. The van der Waals surface area contributed by atoms with Crippen molar-refractivity contribution in [1.82, 2.24) is 20.5 Å². The summed E-state index contributed by atoms with van der Waals surface area (Å²) in [5.74, 6) is 0.428. The van der Waals surface area contributed by atoms with Gasteiger partial charge in [0.15, 0.2) is 11.0 Å². The van der Waals surface area contributed by atoms with Gasteiger partial charge in [0.05, 0.1) is 5.92 Å². The Morgan fingerprint density at radius 1 is 1.32 bits per heavy atom. The summed E-state index contributed by atoms with van der Waals surface area (Å²) in [4.78, 5) is 17.8. The number of anilines is 1. The van der Waals surface area contributed by atoms with Crippen LogP contribution in [0.25, 0.3) is 10.9 Å². The maximum absolute atomic E-state index is 13.5. The SMILES string of the molecule is O=C(NCCc1c[nH]c2ccc(F)cc12)[C@@H]1CCCN(c2ccc(Cl)nn2)C1. The molecule has 0 aliphatic carbocycles. The first-order valence-corrected chi connectivity index (χ1v) is 9.75. The van der Waals surface area contributed by atoms with E-state index < -0.39 is 0 Å². The van der Waals surface area contributed by atoms with E-state index in [1.165, 1.54) is 12.1 Å². The van der Waals surface area contributed by atoms with Crippen molar-refractivity contribution < 1.29 is 9.18 Å². The molecule has 28 heavy (non-hydrogen) atoms. The molecule has 146 valence electrons. The number of fused-ring (bicyclic) bond motifs is 1. The first kappa shape index (κ1) is 18.7. The van der Waals surface area contributed by atoms with Crippen molar-refractivity contribution in [3.63, 3.8) is 0 Å². The maximum Gasteiger partial charge on any atom is 0.224 e. The number of carbonyl (C=O) groups excluding carboxylic acids is 1. The minimum atomic E-state index is -0.259. The third-order valence-corrected chi connectivity index (χ3v) is 5.36. The Bertz CT molecular complexity index is 974. The number of aromatic nitrogens is 3. The highest BCUT2D eigenvalue weighted by Crippen LogP contribution is 2.22. The molecule has 6 nitrogen and oxygen atoms in total. The zero-order chi connectivity index (χ0) is 19.5. The maximum atomic E-state index is 13.5. The molecule has 0 unspecified atom stereocenters. The van der Waals surface area contributed by atoms with Crippen LogP contribution in [0.4, 0.5) is 10.2 Å². The van der Waals surface area contributed by atoms with E-state index in [2.05, 4.69) is 25.4 Å². The summed E-state index contributed by atoms with van der Waals surface area (Å²) in [7, 11) is 0. The number of piperidine rings is 1. The minimum absolute atomic E-state index is 0.0395. The number of rotatable bonds is 5. The van der Waals surface area contributed by atoms with Crippen LogP contribution in [0.2, 0.25) is 5.15 Å². The lowest BCUT2D eigenvalue weighted by Crippen LogP contribution is -2.43. The van der Waals surface area contributed by atoms with E-state index in [0.717, 1.165) is 41.7 Å². The van der Waals surface area contributed by atoms with Crippen LogP contribution < -0.4 is 10.2 Å². The standard InChI is InChI=1S/C20H21ClFN5O/c21-18-5-6-19(26-25-18)27-9-1-2-14(12-27)20(28)23-8-7-13-11-24-17-4-3-15(22)10-16(13)17/h3-6,10-11,14,24H,1-2,7-9,12H2,(H,23,28)/t14-/m1/s1. The Hall–Kier alpha value is -2.67. The first-order valence-electron chi connectivity index (χ1n) is 9.37. The second kappa shape index (κ2) is 8.14. The average Bonchev–Trinajstić information content (AvgIpc) is 3.10. The number of nitrogens with zero attached hydrogens (tertiary/aromatic N) is 3. The van der Waals surface area contributed by atoms with Gasteiger partial charge in [-0.15, -0.1) is 10.2 Å². The van der Waals surface area contributed by atoms with Gasteiger partial charge in [0.1, 0.15) is 5.82 Å². The van der Waals surface area contributed by atoms with Gasteiger partial charge in [-0.2, -0.15) is 0 Å². The number of halogens is 2. The van der Waals surface area contributed by atoms with E-state index in [1.54, 1.807) is 12.1 Å². The zero-order valence-corrected chi connectivity index (χ0v) is 16.0. The monoisotopic (exact) mass is 401 g/mol. The van der Waals surface area contributed by atoms with Gasteiger partial charge in [-0.3, -0.25) is 4.79 Å². The third kappa shape index (κ3) is 4.09. The van der Waals surface area contributed by atoms with E-state index >= 15 is 0 Å². The van der Waals surface area contributed by atoms with Gasteiger partial charge < -0.3 is 15.2 Å². The fraction of sp³-hybridized carbons (Fsp3) is 0.350. The van der Waals surface area contributed by atoms with Crippen molar-refractivity contribution in [2.24, 2.45) is 5.92 Å². The van der Waals surface area contributed by atoms with Gasteiger partial charge in [-0.1, -0.05) is 11.6 Å². The Morgan fingerprint density at radius 2 is 2.21 bits per heavy atom. The number of hydrogen-bond donors (Lipinski definition) is 2. The quantitative estimate of drug-likeness (QED) is 0.687. The Balaban J connectivity index is 1.33. The van der Waals surface area contributed by atoms with Gasteiger partial charge in [-0.25, -0.2) is 4.39 Å². The molecule has 8 heteroatoms. The number of aromatic amines is 1. The van der Waals surface area contributed by atoms with Crippen LogP contribution in [0.15, 0.2) is 36.5 Å². The van der Waals surface area contributed by atoms with Gasteiger partial charge in [-0.05, 0) is 55.2 Å². The largest absolute Gasteiger partial charge is 0.361 e. The van der Waals surface area contributed by atoms with Crippen molar-refractivity contribution in [3.8, 4) is 0 Å². The Morgan fingerprint density at radius 3 is 3.04 bits per heavy atom. The lowest BCUT2D eigenvalue weighted by molar-refractivity contribution is -0.125. The number of amides is 1. The van der Waals surface area contributed by atoms with Crippen LogP contribution in [0.5, 0.6) is 0 Å². The summed E-state index contributed by atoms with van der Waals surface area (Å²) in [6.45, 7) is 1.97. The normalized spacial score (nSPS) is 17.1. The van der Waals surface area contributed by atoms with Crippen molar-refractivity contribution in [2.45, 2.75) is 19.3 Å². The molecule has 3 heterocycles. The summed E-state index contributed by atoms with van der Waals surface area (Å²) in [6, 6.07) is 8.21. The van der Waals surface area contributed by atoms with Crippen LogP contribution >= 0.6 is 11.6 Å². The molecular formula is C20H21ClFN5O. The predicted molar refractivity (Wildman–Crippen MR) is 107 cm³/mol. The lowest BCUT2D eigenvalue weighted by Gasteiger charge is -2.32. The van der Waals surface area contributed by atoms with Crippen LogP contribution in [0.1, 0.15) is 18.4 Å². The third-order valence-electron chi connectivity index (χ3n) is 5.16. The molecule has 1 atom stereocenters. The van der Waals surface area contributed by atoms with Crippen molar-refractivity contribution in [1.29, 1.82) is 0 Å². The molecule has 1 aromatic carbocycles. The molecule has 1 aliphatic rings. The van der Waals surface area contributed by atoms with E-state index in [-0.39, 0.29) is 17.6 Å². The number of nitrogens with one attached hydrogen (secondary N) is 2. The second-order valence-corrected chi connectivity index (χ2v) is 7.43. The van der Waals surface area contributed by atoms with Crippen LogP contribution in [-0.4, -0.2) is 40.7 Å². The van der Waals surface area contributed by atoms with Crippen molar-refractivity contribution in [2.75, 3.05) is 24.5 Å². The molecule has 2 N–H and O–H groups in total. The van der Waals surface area contributed by atoms with Gasteiger partial charge in [0.2, 0.25) is 5.91 Å². The van der Waals surface area contributed by atoms with E-state index in [4.69, 9.17) is 11.6 Å². The number of benzene rings is 1. The van der Waals surface area contributed by atoms with Gasteiger partial charge in [0.25, 0.3) is 0 Å². The lowest BCUT2D eigenvalue weighted by atomic mass is 9.97. The Labute approximate surface area is 167 Å². The zero-order valence-electron chi connectivity index (χ0n) is 15.3. The van der Waals surface area contributed by atoms with Crippen molar-refractivity contribution in [3.05, 3.63) is 53.1 Å². The van der Waals surface area contributed by atoms with Crippen LogP contribution in [0, 0.1) is 11.7 Å². The number of H-pyrrole nitrogens is 1. The van der Waals surface area contributed by atoms with E-state index in [1.807, 2.05) is 12.3 Å². The molecule has 3 aromatic rings. The molecule has 4 rings (SSSR count). The number of carbonyl (C=O) groups is 1. The fourth-order valence-corrected chi connectivity index (χ4v) is 3.80. The number of hydrogen-bond acceptors (Lipinski definition) is 4. The molecule has 1 amide bonds. The van der Waals surface area contributed by atoms with Crippen LogP contribution in [0.3, 0.4) is 0 Å². The summed E-state index contributed by atoms with van der Waals surface area (Å²) < 4.78 is 13.5. The van der Waals surface area contributed by atoms with E-state index in [0.29, 0.717) is 24.7 Å². The summed E-state index contributed by atoms with van der Waals surface area (Å²) in [5, 5.41) is 12.2. The summed E-state index contributed by atoms with van der Waals surface area (Å²) in [5.41, 5.74) is 1.89. The molecule has 0 bridgehead atoms. The first-order chi connectivity index (χ1) is 13.6. The molecule has 0 saturated carbocycles. The van der Waals surface area contributed by atoms with Crippen molar-refractivity contribution >= 4 is 34.2 Å². The molecule has 0 spiro atoms. The molecule has 1 saturated heterocycles. The molecule has 2 aromatic heterocycles.